The summed E-state index contributed by atoms with van der Waals surface area (Å²) in [4.78, 5) is 71.1. The fourth-order valence-corrected chi connectivity index (χ4v) is 8.49. The fraction of sp³-hybridized carbons (Fsp3) is 0.732. The van der Waals surface area contributed by atoms with Crippen molar-refractivity contribution in [2.75, 3.05) is 28.3 Å². The molecule has 1 aromatic rings. The molecule has 1 heterocycles. The standard InChI is InChI=1S/C41H65FN4O8/c1-12-24(6)37(45(9)40(50)29(22(2)3)20-33(47)36(43-8)23(4)5)34(53-10)21-35(48)46-31-18-27(31)19-32(46)38(54-11)25(7)39(49)44-30(41(51)52)17-26-14-13-15-28(42)16-26/h13-16,22-25,27,29-32,34,36-38,43H,12,17-21H2,1-11H3,(H,44,49)(H,51,52)/t24-,25+,27-,29-,30-,31-,32-,34+,36-,37-,38+/m0/s1. The smallest absolute Gasteiger partial charge is 0.326 e. The first-order chi connectivity index (χ1) is 25.4. The minimum atomic E-state index is -1.29. The van der Waals surface area contributed by atoms with Crippen molar-refractivity contribution in [3.8, 4) is 0 Å². The number of nitrogens with zero attached hydrogens (tertiary/aromatic N) is 2. The number of likely N-dealkylation sites (N-methyl/N-ethyl adjacent to an activating group) is 2. The molecular weight excluding hydrogens is 695 g/mol. The van der Waals surface area contributed by atoms with E-state index in [2.05, 4.69) is 10.6 Å². The zero-order valence-electron chi connectivity index (χ0n) is 34.1. The molecule has 0 unspecified atom stereocenters. The van der Waals surface area contributed by atoms with Crippen molar-refractivity contribution < 1.29 is 42.9 Å². The Kier molecular flexibility index (Phi) is 16.6. The number of Topliss-reactive ketones (excluding diaryl/α,β-unsaturated/α-hetero) is 1. The number of carbonyl (C=O) groups is 5. The number of fused-ring (bicyclic) bond motifs is 1. The molecule has 0 spiro atoms. The van der Waals surface area contributed by atoms with Crippen molar-refractivity contribution in [1.82, 2.24) is 20.4 Å². The molecule has 1 saturated carbocycles. The SMILES string of the molecule is CC[C@H](C)[C@@H]([C@@H](CC(=O)N1[C@H]2C[C@H]2C[C@H]1[C@H](OC)[C@@H](C)C(=O)N[C@@H](Cc1cccc(F)c1)C(=O)O)OC)N(C)C(=O)[C@@H](CC(=O)[C@@H](NC)C(C)C)C(C)C. The van der Waals surface area contributed by atoms with Crippen LogP contribution in [-0.4, -0.2) is 115 Å². The number of halogens is 1. The van der Waals surface area contributed by atoms with E-state index < -0.39 is 59.9 Å². The molecule has 1 aromatic carbocycles. The summed E-state index contributed by atoms with van der Waals surface area (Å²) in [7, 11) is 6.52. The van der Waals surface area contributed by atoms with Crippen LogP contribution >= 0.6 is 0 Å². The highest BCUT2D eigenvalue weighted by molar-refractivity contribution is 5.90. The molecule has 1 aliphatic heterocycles. The van der Waals surface area contributed by atoms with Crippen molar-refractivity contribution >= 4 is 29.5 Å². The van der Waals surface area contributed by atoms with Crippen LogP contribution in [0.4, 0.5) is 4.39 Å². The van der Waals surface area contributed by atoms with Gasteiger partial charge in [-0.15, -0.1) is 0 Å². The van der Waals surface area contributed by atoms with E-state index in [1.54, 1.807) is 39.1 Å². The second-order valence-corrected chi connectivity index (χ2v) is 16.2. The summed E-state index contributed by atoms with van der Waals surface area (Å²) in [5.41, 5.74) is 0.434. The number of carbonyl (C=O) groups excluding carboxylic acids is 4. The molecule has 304 valence electrons. The van der Waals surface area contributed by atoms with Crippen LogP contribution in [0.2, 0.25) is 0 Å². The van der Waals surface area contributed by atoms with E-state index in [1.165, 1.54) is 25.3 Å². The molecule has 3 amide bonds. The highest BCUT2D eigenvalue weighted by Crippen LogP contribution is 2.50. The lowest BCUT2D eigenvalue weighted by molar-refractivity contribution is -0.150. The molecule has 1 aliphatic carbocycles. The summed E-state index contributed by atoms with van der Waals surface area (Å²) >= 11 is 0. The predicted molar refractivity (Wildman–Crippen MR) is 204 cm³/mol. The summed E-state index contributed by atoms with van der Waals surface area (Å²) in [6.07, 6.45) is 0.829. The van der Waals surface area contributed by atoms with E-state index >= 15 is 0 Å². The third-order valence-electron chi connectivity index (χ3n) is 11.9. The number of carboxylic acids is 1. The summed E-state index contributed by atoms with van der Waals surface area (Å²) in [5.74, 6) is -3.77. The molecule has 0 bridgehead atoms. The second kappa shape index (κ2) is 20.0. The topological polar surface area (TPSA) is 155 Å². The maximum Gasteiger partial charge on any atom is 0.326 e. The van der Waals surface area contributed by atoms with Gasteiger partial charge in [0.2, 0.25) is 17.7 Å². The van der Waals surface area contributed by atoms with Crippen LogP contribution < -0.4 is 10.6 Å². The first-order valence-electron chi connectivity index (χ1n) is 19.5. The Labute approximate surface area is 321 Å². The van der Waals surface area contributed by atoms with Crippen LogP contribution in [0.15, 0.2) is 24.3 Å². The lowest BCUT2D eigenvalue weighted by Crippen LogP contribution is -2.55. The number of hydrogen-bond acceptors (Lipinski definition) is 8. The quantitative estimate of drug-likeness (QED) is 0.157. The first kappa shape index (κ1) is 45.0. The van der Waals surface area contributed by atoms with Crippen LogP contribution in [0.25, 0.3) is 0 Å². The van der Waals surface area contributed by atoms with Gasteiger partial charge in [0.15, 0.2) is 5.78 Å². The molecule has 0 radical (unpaired) electrons. The van der Waals surface area contributed by atoms with Crippen molar-refractivity contribution in [2.45, 2.75) is 129 Å². The van der Waals surface area contributed by atoms with Crippen LogP contribution in [0, 0.1) is 41.3 Å². The van der Waals surface area contributed by atoms with E-state index in [0.717, 1.165) is 12.8 Å². The highest BCUT2D eigenvalue weighted by atomic mass is 19.1. The van der Waals surface area contributed by atoms with E-state index in [9.17, 15) is 33.5 Å². The van der Waals surface area contributed by atoms with Crippen molar-refractivity contribution in [3.63, 3.8) is 0 Å². The number of likely N-dealkylation sites (tertiary alicyclic amines) is 1. The third kappa shape index (κ3) is 10.9. The van der Waals surface area contributed by atoms with Gasteiger partial charge >= 0.3 is 5.97 Å². The minimum absolute atomic E-state index is 0.00492. The van der Waals surface area contributed by atoms with Crippen LogP contribution in [0.3, 0.4) is 0 Å². The molecule has 1 saturated heterocycles. The summed E-state index contributed by atoms with van der Waals surface area (Å²) < 4.78 is 25.7. The lowest BCUT2D eigenvalue weighted by Gasteiger charge is -2.41. The van der Waals surface area contributed by atoms with Gasteiger partial charge in [0, 0.05) is 46.1 Å². The number of ketones is 1. The zero-order valence-corrected chi connectivity index (χ0v) is 34.1. The number of hydrogen-bond donors (Lipinski definition) is 3. The average Bonchev–Trinajstić information content (AvgIpc) is 3.78. The predicted octanol–water partition coefficient (Wildman–Crippen LogP) is 4.33. The molecule has 2 aliphatic rings. The van der Waals surface area contributed by atoms with Gasteiger partial charge in [0.25, 0.3) is 0 Å². The lowest BCUT2D eigenvalue weighted by atomic mass is 9.84. The van der Waals surface area contributed by atoms with E-state index in [4.69, 9.17) is 9.47 Å². The maximum atomic E-state index is 14.4. The van der Waals surface area contributed by atoms with Crippen molar-refractivity contribution in [1.29, 1.82) is 0 Å². The van der Waals surface area contributed by atoms with Crippen LogP contribution in [0.1, 0.15) is 86.1 Å². The number of benzene rings is 1. The number of aliphatic carboxylic acids is 1. The van der Waals surface area contributed by atoms with E-state index in [-0.39, 0.29) is 72.6 Å². The average molecular weight is 761 g/mol. The minimum Gasteiger partial charge on any atom is -0.480 e. The fourth-order valence-electron chi connectivity index (χ4n) is 8.49. The number of piperidine rings is 1. The molecule has 3 N–H and O–H groups in total. The van der Waals surface area contributed by atoms with Crippen molar-refractivity contribution in [2.24, 2.45) is 35.5 Å². The number of rotatable bonds is 22. The number of carboxylic acid groups (broad SMARTS) is 1. The second-order valence-electron chi connectivity index (χ2n) is 16.2. The number of methoxy groups -OCH3 is 2. The Morgan fingerprint density at radius 2 is 1.67 bits per heavy atom. The largest absolute Gasteiger partial charge is 0.480 e. The molecular formula is C41H65FN4O8. The van der Waals surface area contributed by atoms with Gasteiger partial charge in [0.05, 0.1) is 42.7 Å². The van der Waals surface area contributed by atoms with Gasteiger partial charge in [-0.1, -0.05) is 67.0 Å². The normalized spacial score (nSPS) is 22.4. The molecule has 3 rings (SSSR count). The van der Waals surface area contributed by atoms with Gasteiger partial charge in [-0.05, 0) is 61.3 Å². The maximum absolute atomic E-state index is 14.4. The molecule has 0 aromatic heterocycles. The van der Waals surface area contributed by atoms with Crippen LogP contribution in [0.5, 0.6) is 0 Å². The number of nitrogens with one attached hydrogen (secondary N) is 2. The van der Waals surface area contributed by atoms with Gasteiger partial charge in [-0.25, -0.2) is 9.18 Å². The highest BCUT2D eigenvalue weighted by Gasteiger charge is 2.57. The van der Waals surface area contributed by atoms with Crippen LogP contribution in [-0.2, 0) is 39.9 Å². The Morgan fingerprint density at radius 1 is 1.00 bits per heavy atom. The summed E-state index contributed by atoms with van der Waals surface area (Å²) in [6.45, 7) is 13.6. The molecule has 2 fully saturated rings. The van der Waals surface area contributed by atoms with Gasteiger partial charge < -0.3 is 35.0 Å². The van der Waals surface area contributed by atoms with Gasteiger partial charge in [-0.3, -0.25) is 19.2 Å². The molecule has 54 heavy (non-hydrogen) atoms. The summed E-state index contributed by atoms with van der Waals surface area (Å²) in [5, 5.41) is 15.6. The molecule has 12 nitrogen and oxygen atoms in total. The van der Waals surface area contributed by atoms with E-state index in [1.807, 2.05) is 46.4 Å². The zero-order chi connectivity index (χ0) is 40.6. The van der Waals surface area contributed by atoms with Crippen molar-refractivity contribution in [3.05, 3.63) is 35.6 Å². The first-order valence-corrected chi connectivity index (χ1v) is 19.5. The Morgan fingerprint density at radius 3 is 2.19 bits per heavy atom. The Bertz CT molecular complexity index is 1460. The molecule has 13 heteroatoms. The third-order valence-corrected chi connectivity index (χ3v) is 11.9. The number of amides is 3. The Balaban J connectivity index is 1.80. The molecule has 11 atom stereocenters. The van der Waals surface area contributed by atoms with E-state index in [0.29, 0.717) is 12.0 Å². The number of ether oxygens (including phenoxy) is 2. The monoisotopic (exact) mass is 760 g/mol. The Hall–Kier alpha value is -3.42. The van der Waals surface area contributed by atoms with Gasteiger partial charge in [-0.2, -0.15) is 0 Å². The summed E-state index contributed by atoms with van der Waals surface area (Å²) in [6, 6.07) is 3.04. The van der Waals surface area contributed by atoms with Gasteiger partial charge in [0.1, 0.15) is 11.9 Å².